The first-order valence-corrected chi connectivity index (χ1v) is 12.7. The molecule has 184 valence electrons. The van der Waals surface area contributed by atoms with Gasteiger partial charge in [0.1, 0.15) is 0 Å². The lowest BCUT2D eigenvalue weighted by molar-refractivity contribution is -0.113. The van der Waals surface area contributed by atoms with Crippen LogP contribution in [0, 0.1) is 19.8 Å². The van der Waals surface area contributed by atoms with Gasteiger partial charge in [-0.25, -0.2) is 0 Å². The van der Waals surface area contributed by atoms with Gasteiger partial charge in [-0.1, -0.05) is 67.6 Å². The molecule has 1 atom stereocenters. The number of aromatic nitrogens is 3. The van der Waals surface area contributed by atoms with Crippen molar-refractivity contribution in [1.29, 1.82) is 0 Å². The van der Waals surface area contributed by atoms with Crippen molar-refractivity contribution in [3.05, 3.63) is 82.7 Å². The minimum Gasteiger partial charge on any atom is -0.342 e. The Morgan fingerprint density at radius 3 is 2.57 bits per heavy atom. The second-order valence-electron chi connectivity index (χ2n) is 8.50. The van der Waals surface area contributed by atoms with Gasteiger partial charge in [-0.3, -0.25) is 9.59 Å². The van der Waals surface area contributed by atoms with E-state index in [9.17, 15) is 9.59 Å². The highest BCUT2D eigenvalue weighted by Crippen LogP contribution is 2.27. The lowest BCUT2D eigenvalue weighted by Gasteiger charge is -2.23. The maximum atomic E-state index is 12.9. The lowest BCUT2D eigenvalue weighted by Crippen LogP contribution is -2.34. The van der Waals surface area contributed by atoms with E-state index in [1.165, 1.54) is 11.8 Å². The number of hydrogen-bond donors (Lipinski definition) is 2. The van der Waals surface area contributed by atoms with Gasteiger partial charge < -0.3 is 15.2 Å². The molecule has 0 aliphatic rings. The summed E-state index contributed by atoms with van der Waals surface area (Å²) in [5.74, 6) is 0.369. The van der Waals surface area contributed by atoms with Crippen LogP contribution in [-0.2, 0) is 11.3 Å². The SMILES string of the molecule is C=CCn1c(SCC(=O)Nc2cccc(C)c2C)nnc1C(NC(=O)c1ccccc1Cl)C(C)C. The first kappa shape index (κ1) is 26.5. The fourth-order valence-corrected chi connectivity index (χ4v) is 4.51. The van der Waals surface area contributed by atoms with Gasteiger partial charge in [0.05, 0.1) is 22.4 Å². The van der Waals surface area contributed by atoms with Gasteiger partial charge in [-0.05, 0) is 49.1 Å². The molecule has 2 aromatic carbocycles. The van der Waals surface area contributed by atoms with Gasteiger partial charge >= 0.3 is 0 Å². The Hall–Kier alpha value is -3.10. The molecule has 35 heavy (non-hydrogen) atoms. The Morgan fingerprint density at radius 1 is 1.14 bits per heavy atom. The number of rotatable bonds is 10. The number of nitrogens with zero attached hydrogens (tertiary/aromatic N) is 3. The molecule has 1 heterocycles. The van der Waals surface area contributed by atoms with Crippen molar-refractivity contribution in [2.45, 2.75) is 45.4 Å². The Labute approximate surface area is 215 Å². The van der Waals surface area contributed by atoms with E-state index in [1.54, 1.807) is 30.3 Å². The minimum atomic E-state index is -0.413. The smallest absolute Gasteiger partial charge is 0.253 e. The number of thioether (sulfide) groups is 1. The molecule has 9 heteroatoms. The Kier molecular flexibility index (Phi) is 9.12. The van der Waals surface area contributed by atoms with Gasteiger partial charge in [0.2, 0.25) is 5.91 Å². The summed E-state index contributed by atoms with van der Waals surface area (Å²) in [6.45, 7) is 12.3. The summed E-state index contributed by atoms with van der Waals surface area (Å²) in [6, 6.07) is 12.3. The van der Waals surface area contributed by atoms with E-state index in [4.69, 9.17) is 11.6 Å². The summed E-state index contributed by atoms with van der Waals surface area (Å²) in [5, 5.41) is 15.7. The number of halogens is 1. The lowest BCUT2D eigenvalue weighted by atomic mass is 10.0. The van der Waals surface area contributed by atoms with Crippen molar-refractivity contribution < 1.29 is 9.59 Å². The molecule has 1 aromatic heterocycles. The predicted molar refractivity (Wildman–Crippen MR) is 142 cm³/mol. The van der Waals surface area contributed by atoms with Crippen LogP contribution < -0.4 is 10.6 Å². The summed E-state index contributed by atoms with van der Waals surface area (Å²) in [5.41, 5.74) is 3.35. The monoisotopic (exact) mass is 511 g/mol. The van der Waals surface area contributed by atoms with E-state index in [1.807, 2.05) is 50.5 Å². The summed E-state index contributed by atoms with van der Waals surface area (Å²) in [4.78, 5) is 25.6. The maximum absolute atomic E-state index is 12.9. The topological polar surface area (TPSA) is 88.9 Å². The third kappa shape index (κ3) is 6.52. The molecule has 0 bridgehead atoms. The molecule has 0 aliphatic heterocycles. The van der Waals surface area contributed by atoms with E-state index in [-0.39, 0.29) is 23.5 Å². The highest BCUT2D eigenvalue weighted by atomic mass is 35.5. The van der Waals surface area contributed by atoms with Crippen molar-refractivity contribution in [3.63, 3.8) is 0 Å². The summed E-state index contributed by atoms with van der Waals surface area (Å²) < 4.78 is 1.88. The standard InChI is InChI=1S/C26H30ClN5O2S/c1-6-14-32-24(23(16(2)3)29-25(34)19-11-7-8-12-20(19)27)30-31-26(32)35-15-22(33)28-21-13-9-10-17(4)18(21)5/h6-13,16,23H,1,14-15H2,2-5H3,(H,28,33)(H,29,34). The van der Waals surface area contributed by atoms with Gasteiger partial charge in [0.25, 0.3) is 5.91 Å². The van der Waals surface area contributed by atoms with Crippen LogP contribution >= 0.6 is 23.4 Å². The third-order valence-corrected chi connectivity index (χ3v) is 6.91. The molecular formula is C26H30ClN5O2S. The average Bonchev–Trinajstić information content (AvgIpc) is 3.21. The molecule has 0 saturated carbocycles. The zero-order valence-electron chi connectivity index (χ0n) is 20.3. The third-order valence-electron chi connectivity index (χ3n) is 5.62. The second-order valence-corrected chi connectivity index (χ2v) is 9.85. The molecule has 0 aliphatic carbocycles. The Balaban J connectivity index is 1.77. The van der Waals surface area contributed by atoms with Gasteiger partial charge in [-0.15, -0.1) is 16.8 Å². The maximum Gasteiger partial charge on any atom is 0.253 e. The number of anilines is 1. The summed E-state index contributed by atoms with van der Waals surface area (Å²) in [7, 11) is 0. The fraction of sp³-hybridized carbons (Fsp3) is 0.308. The van der Waals surface area contributed by atoms with Crippen LogP contribution in [-0.4, -0.2) is 32.3 Å². The van der Waals surface area contributed by atoms with Crippen LogP contribution in [0.1, 0.15) is 47.2 Å². The van der Waals surface area contributed by atoms with E-state index in [2.05, 4.69) is 27.4 Å². The summed E-state index contributed by atoms with van der Waals surface area (Å²) >= 11 is 7.50. The van der Waals surface area contributed by atoms with Crippen LogP contribution in [0.3, 0.4) is 0 Å². The zero-order valence-corrected chi connectivity index (χ0v) is 21.9. The Bertz CT molecular complexity index is 1220. The second kappa shape index (κ2) is 12.0. The van der Waals surface area contributed by atoms with Crippen molar-refractivity contribution in [2.24, 2.45) is 5.92 Å². The highest BCUT2D eigenvalue weighted by molar-refractivity contribution is 7.99. The summed E-state index contributed by atoms with van der Waals surface area (Å²) in [6.07, 6.45) is 1.74. The van der Waals surface area contributed by atoms with Gasteiger partial charge in [-0.2, -0.15) is 0 Å². The van der Waals surface area contributed by atoms with Crippen molar-refractivity contribution in [3.8, 4) is 0 Å². The molecule has 1 unspecified atom stereocenters. The van der Waals surface area contributed by atoms with E-state index in [0.29, 0.717) is 28.1 Å². The highest BCUT2D eigenvalue weighted by Gasteiger charge is 2.27. The molecule has 2 amide bonds. The average molecular weight is 512 g/mol. The first-order chi connectivity index (χ1) is 16.7. The number of carbonyl (C=O) groups is 2. The molecule has 2 N–H and O–H groups in total. The normalized spacial score (nSPS) is 11.8. The molecule has 7 nitrogen and oxygen atoms in total. The van der Waals surface area contributed by atoms with Gasteiger partial charge in [0, 0.05) is 12.2 Å². The van der Waals surface area contributed by atoms with Crippen LogP contribution in [0.5, 0.6) is 0 Å². The molecule has 3 aromatic rings. The van der Waals surface area contributed by atoms with Crippen LogP contribution in [0.2, 0.25) is 5.02 Å². The fourth-order valence-electron chi connectivity index (χ4n) is 3.53. The zero-order chi connectivity index (χ0) is 25.5. The van der Waals surface area contributed by atoms with Crippen LogP contribution in [0.4, 0.5) is 5.69 Å². The minimum absolute atomic E-state index is 0.0275. The number of nitrogens with one attached hydrogen (secondary N) is 2. The molecule has 0 fully saturated rings. The first-order valence-electron chi connectivity index (χ1n) is 11.3. The molecule has 0 saturated heterocycles. The number of amides is 2. The molecule has 3 rings (SSSR count). The molecular weight excluding hydrogens is 482 g/mol. The van der Waals surface area contributed by atoms with E-state index >= 15 is 0 Å². The van der Waals surface area contributed by atoms with Crippen molar-refractivity contribution in [2.75, 3.05) is 11.1 Å². The predicted octanol–water partition coefficient (Wildman–Crippen LogP) is 5.59. The van der Waals surface area contributed by atoms with Crippen LogP contribution in [0.15, 0.2) is 60.3 Å². The molecule has 0 spiro atoms. The number of carbonyl (C=O) groups excluding carboxylic acids is 2. The Morgan fingerprint density at radius 2 is 1.89 bits per heavy atom. The van der Waals surface area contributed by atoms with E-state index in [0.717, 1.165) is 16.8 Å². The molecule has 0 radical (unpaired) electrons. The van der Waals surface area contributed by atoms with Gasteiger partial charge in [0.15, 0.2) is 11.0 Å². The quantitative estimate of drug-likeness (QED) is 0.273. The van der Waals surface area contributed by atoms with Crippen molar-refractivity contribution in [1.82, 2.24) is 20.1 Å². The largest absolute Gasteiger partial charge is 0.342 e. The van der Waals surface area contributed by atoms with E-state index < -0.39 is 6.04 Å². The number of aryl methyl sites for hydroxylation is 1. The number of benzene rings is 2. The number of hydrogen-bond acceptors (Lipinski definition) is 5. The van der Waals surface area contributed by atoms with Crippen molar-refractivity contribution >= 4 is 40.9 Å². The number of allylic oxidation sites excluding steroid dienone is 1. The van der Waals surface area contributed by atoms with Crippen LogP contribution in [0.25, 0.3) is 0 Å².